The Hall–Kier alpha value is -3.31. The lowest BCUT2D eigenvalue weighted by molar-refractivity contribution is -0.141. The number of hydrogen-bond acceptors (Lipinski definition) is 7. The van der Waals surface area contributed by atoms with E-state index < -0.39 is 18.4 Å². The Bertz CT molecular complexity index is 1000. The summed E-state index contributed by atoms with van der Waals surface area (Å²) in [5.74, 6) is -0.381. The van der Waals surface area contributed by atoms with Crippen molar-refractivity contribution in [2.45, 2.75) is 0 Å². The SMILES string of the molecule is CN1C(=C(C#N)C(=O)COC(=O)C=Cc2ccc(Br)o2)N(C)c2ccccc21. The summed E-state index contributed by atoms with van der Waals surface area (Å²) in [6.07, 6.45) is 2.58. The first-order valence-corrected chi connectivity index (χ1v) is 9.06. The van der Waals surface area contributed by atoms with E-state index in [1.54, 1.807) is 36.0 Å². The average molecular weight is 442 g/mol. The van der Waals surface area contributed by atoms with Crippen LogP contribution in [-0.4, -0.2) is 32.5 Å². The molecule has 3 rings (SSSR count). The average Bonchev–Trinajstić information content (AvgIpc) is 3.22. The number of hydrogen-bond donors (Lipinski definition) is 0. The third-order valence-corrected chi connectivity index (χ3v) is 4.60. The molecule has 0 radical (unpaired) electrons. The summed E-state index contributed by atoms with van der Waals surface area (Å²) in [6.45, 7) is -0.532. The third kappa shape index (κ3) is 3.85. The van der Waals surface area contributed by atoms with Crippen molar-refractivity contribution in [3.63, 3.8) is 0 Å². The Labute approximate surface area is 170 Å². The molecule has 8 heteroatoms. The minimum absolute atomic E-state index is 0.0760. The number of nitriles is 1. The Morgan fingerprint density at radius 1 is 1.18 bits per heavy atom. The van der Waals surface area contributed by atoms with Gasteiger partial charge in [-0.1, -0.05) is 12.1 Å². The topological polar surface area (TPSA) is 86.8 Å². The molecule has 0 amide bonds. The fraction of sp³-hybridized carbons (Fsp3) is 0.150. The maximum Gasteiger partial charge on any atom is 0.331 e. The number of para-hydroxylation sites is 2. The highest BCUT2D eigenvalue weighted by atomic mass is 79.9. The fourth-order valence-electron chi connectivity index (χ4n) is 2.88. The van der Waals surface area contributed by atoms with Crippen LogP contribution < -0.4 is 9.80 Å². The van der Waals surface area contributed by atoms with Gasteiger partial charge in [-0.15, -0.1) is 0 Å². The molecule has 2 aromatic rings. The molecule has 0 aliphatic carbocycles. The zero-order valence-electron chi connectivity index (χ0n) is 15.2. The number of benzene rings is 1. The Kier molecular flexibility index (Phi) is 5.66. The zero-order valence-corrected chi connectivity index (χ0v) is 16.8. The lowest BCUT2D eigenvalue weighted by Crippen LogP contribution is -2.27. The van der Waals surface area contributed by atoms with Crippen LogP contribution in [0.15, 0.2) is 63.0 Å². The van der Waals surface area contributed by atoms with Crippen LogP contribution in [-0.2, 0) is 14.3 Å². The quantitative estimate of drug-likeness (QED) is 0.398. The first-order chi connectivity index (χ1) is 13.4. The Balaban J connectivity index is 1.71. The maximum atomic E-state index is 12.5. The van der Waals surface area contributed by atoms with Crippen LogP contribution in [0.25, 0.3) is 6.08 Å². The van der Waals surface area contributed by atoms with E-state index in [9.17, 15) is 14.9 Å². The number of nitrogens with zero attached hydrogens (tertiary/aromatic N) is 3. The molecule has 0 atom stereocenters. The van der Waals surface area contributed by atoms with Crippen LogP contribution >= 0.6 is 15.9 Å². The molecule has 1 aromatic heterocycles. The number of esters is 1. The van der Waals surface area contributed by atoms with E-state index in [1.807, 2.05) is 30.3 Å². The number of Topliss-reactive ketones (excluding diaryl/α,β-unsaturated/α-hetero) is 1. The minimum Gasteiger partial charge on any atom is -0.454 e. The van der Waals surface area contributed by atoms with Gasteiger partial charge in [-0.3, -0.25) is 4.79 Å². The lowest BCUT2D eigenvalue weighted by Gasteiger charge is -2.19. The van der Waals surface area contributed by atoms with Crippen molar-refractivity contribution in [3.8, 4) is 6.07 Å². The van der Waals surface area contributed by atoms with Gasteiger partial charge >= 0.3 is 5.97 Å². The highest BCUT2D eigenvalue weighted by Crippen LogP contribution is 2.40. The Morgan fingerprint density at radius 2 is 1.82 bits per heavy atom. The smallest absolute Gasteiger partial charge is 0.331 e. The van der Waals surface area contributed by atoms with Crippen LogP contribution in [0, 0.1) is 11.3 Å². The van der Waals surface area contributed by atoms with Crippen LogP contribution in [0.3, 0.4) is 0 Å². The minimum atomic E-state index is -0.709. The van der Waals surface area contributed by atoms with E-state index in [0.717, 1.165) is 17.5 Å². The molecule has 0 bridgehead atoms. The Morgan fingerprint density at radius 3 is 2.36 bits per heavy atom. The van der Waals surface area contributed by atoms with Crippen LogP contribution in [0.2, 0.25) is 0 Å². The number of anilines is 2. The molecule has 0 saturated heterocycles. The zero-order chi connectivity index (χ0) is 20.3. The van der Waals surface area contributed by atoms with E-state index in [-0.39, 0.29) is 5.57 Å². The molecule has 1 aromatic carbocycles. The second kappa shape index (κ2) is 8.15. The number of ether oxygens (including phenoxy) is 1. The number of halogens is 1. The van der Waals surface area contributed by atoms with Gasteiger partial charge in [-0.2, -0.15) is 5.26 Å². The largest absolute Gasteiger partial charge is 0.454 e. The van der Waals surface area contributed by atoms with E-state index in [0.29, 0.717) is 16.3 Å². The van der Waals surface area contributed by atoms with Crippen molar-refractivity contribution in [2.75, 3.05) is 30.5 Å². The number of rotatable bonds is 5. The number of carbonyl (C=O) groups excluding carboxylic acids is 2. The molecule has 28 heavy (non-hydrogen) atoms. The summed E-state index contributed by atoms with van der Waals surface area (Å²) in [5, 5.41) is 9.54. The van der Waals surface area contributed by atoms with E-state index >= 15 is 0 Å². The highest BCUT2D eigenvalue weighted by molar-refractivity contribution is 9.10. The standard InChI is InChI=1S/C20H16BrN3O4/c1-23-15-5-3-4-6-16(15)24(2)20(23)14(11-22)17(25)12-27-19(26)10-8-13-7-9-18(21)28-13/h3-10H,12H2,1-2H3. The summed E-state index contributed by atoms with van der Waals surface area (Å²) < 4.78 is 10.7. The number of carbonyl (C=O) groups is 2. The first-order valence-electron chi connectivity index (χ1n) is 8.26. The lowest BCUT2D eigenvalue weighted by atomic mass is 10.2. The van der Waals surface area contributed by atoms with Crippen molar-refractivity contribution in [3.05, 3.63) is 64.3 Å². The van der Waals surface area contributed by atoms with Gasteiger partial charge in [0.05, 0.1) is 11.4 Å². The summed E-state index contributed by atoms with van der Waals surface area (Å²) in [6, 6.07) is 12.9. The van der Waals surface area contributed by atoms with Crippen LogP contribution in [0.4, 0.5) is 11.4 Å². The van der Waals surface area contributed by atoms with Gasteiger partial charge < -0.3 is 19.0 Å². The van der Waals surface area contributed by atoms with Gasteiger partial charge in [0.1, 0.15) is 23.2 Å². The monoisotopic (exact) mass is 441 g/mol. The summed E-state index contributed by atoms with van der Waals surface area (Å²) in [4.78, 5) is 27.9. The first kappa shape index (κ1) is 19.5. The van der Waals surface area contributed by atoms with Crippen molar-refractivity contribution in [1.82, 2.24) is 0 Å². The maximum absolute atomic E-state index is 12.5. The number of ketones is 1. The number of fused-ring (bicyclic) bond motifs is 1. The van der Waals surface area contributed by atoms with Crippen molar-refractivity contribution in [2.24, 2.45) is 0 Å². The third-order valence-electron chi connectivity index (χ3n) is 4.18. The van der Waals surface area contributed by atoms with Crippen LogP contribution in [0.5, 0.6) is 0 Å². The molecule has 1 aliphatic heterocycles. The summed E-state index contributed by atoms with van der Waals surface area (Å²) >= 11 is 3.16. The normalized spacial score (nSPS) is 12.9. The second-order valence-corrected chi connectivity index (χ2v) is 6.70. The molecular formula is C20H16BrN3O4. The molecule has 142 valence electrons. The van der Waals surface area contributed by atoms with Gasteiger partial charge in [-0.05, 0) is 46.3 Å². The predicted molar refractivity (Wildman–Crippen MR) is 107 cm³/mol. The number of furan rings is 1. The van der Waals surface area contributed by atoms with Crippen molar-refractivity contribution in [1.29, 1.82) is 5.26 Å². The van der Waals surface area contributed by atoms with Crippen LogP contribution in [0.1, 0.15) is 5.76 Å². The molecule has 0 N–H and O–H groups in total. The van der Waals surface area contributed by atoms with Crippen molar-refractivity contribution < 1.29 is 18.7 Å². The molecule has 0 saturated carbocycles. The molecule has 2 heterocycles. The van der Waals surface area contributed by atoms with Crippen molar-refractivity contribution >= 4 is 45.1 Å². The second-order valence-electron chi connectivity index (χ2n) is 5.92. The van der Waals surface area contributed by atoms with Gasteiger partial charge in [0.2, 0.25) is 5.78 Å². The molecular weight excluding hydrogens is 426 g/mol. The van der Waals surface area contributed by atoms with E-state index in [1.165, 1.54) is 6.08 Å². The summed E-state index contributed by atoms with van der Waals surface area (Å²) in [5.41, 5.74) is 1.68. The molecule has 0 unspecified atom stereocenters. The van der Waals surface area contributed by atoms with Gasteiger partial charge in [0.15, 0.2) is 11.3 Å². The van der Waals surface area contributed by atoms with Gasteiger partial charge in [0, 0.05) is 20.2 Å². The van der Waals surface area contributed by atoms with Gasteiger partial charge in [0.25, 0.3) is 0 Å². The fourth-order valence-corrected chi connectivity index (χ4v) is 3.20. The highest BCUT2D eigenvalue weighted by Gasteiger charge is 2.31. The predicted octanol–water partition coefficient (Wildman–Crippen LogP) is 3.49. The van der Waals surface area contributed by atoms with Gasteiger partial charge in [-0.25, -0.2) is 4.79 Å². The molecule has 7 nitrogen and oxygen atoms in total. The molecule has 1 aliphatic rings. The summed E-state index contributed by atoms with van der Waals surface area (Å²) in [7, 11) is 3.55. The molecule has 0 spiro atoms. The van der Waals surface area contributed by atoms with E-state index in [4.69, 9.17) is 9.15 Å². The van der Waals surface area contributed by atoms with E-state index in [2.05, 4.69) is 15.9 Å². The molecule has 0 fully saturated rings.